The number of nitrogens with zero attached hydrogens (tertiary/aromatic N) is 1. The standard InChI is InChI=1S/C18H29N3OS/c1-15(2)17-6-4-16(5-7-17)14-20(3)18(23)19-8-9-21-10-12-22-13-11-21/h4-7,15H,8-14H2,1-3H3,(H,19,23)/p+1. The van der Waals surface area contributed by atoms with Gasteiger partial charge in [-0.05, 0) is 29.3 Å². The predicted octanol–water partition coefficient (Wildman–Crippen LogP) is 1.03. The quantitative estimate of drug-likeness (QED) is 0.760. The van der Waals surface area contributed by atoms with Gasteiger partial charge < -0.3 is 19.9 Å². The van der Waals surface area contributed by atoms with Gasteiger partial charge in [-0.3, -0.25) is 0 Å². The van der Waals surface area contributed by atoms with Crippen molar-refractivity contribution in [3.63, 3.8) is 0 Å². The van der Waals surface area contributed by atoms with Crippen molar-refractivity contribution in [2.45, 2.75) is 26.3 Å². The van der Waals surface area contributed by atoms with Gasteiger partial charge in [0.1, 0.15) is 13.1 Å². The maximum atomic E-state index is 5.49. The summed E-state index contributed by atoms with van der Waals surface area (Å²) in [6.45, 7) is 11.3. The average molecular weight is 337 g/mol. The van der Waals surface area contributed by atoms with Crippen molar-refractivity contribution >= 4 is 17.3 Å². The van der Waals surface area contributed by atoms with E-state index in [4.69, 9.17) is 17.0 Å². The van der Waals surface area contributed by atoms with Crippen LogP contribution in [-0.4, -0.2) is 56.5 Å². The highest BCUT2D eigenvalue weighted by molar-refractivity contribution is 7.80. The van der Waals surface area contributed by atoms with Crippen LogP contribution in [0.2, 0.25) is 0 Å². The van der Waals surface area contributed by atoms with Crippen LogP contribution in [0.25, 0.3) is 0 Å². The lowest BCUT2D eigenvalue weighted by molar-refractivity contribution is -0.906. The van der Waals surface area contributed by atoms with E-state index >= 15 is 0 Å². The lowest BCUT2D eigenvalue weighted by Gasteiger charge is -2.25. The molecule has 0 atom stereocenters. The second kappa shape index (κ2) is 9.21. The van der Waals surface area contributed by atoms with Gasteiger partial charge in [0.05, 0.1) is 26.3 Å². The summed E-state index contributed by atoms with van der Waals surface area (Å²) in [4.78, 5) is 3.70. The van der Waals surface area contributed by atoms with E-state index in [9.17, 15) is 0 Å². The molecule has 0 bridgehead atoms. The van der Waals surface area contributed by atoms with Gasteiger partial charge in [0, 0.05) is 13.6 Å². The van der Waals surface area contributed by atoms with E-state index in [1.54, 1.807) is 4.90 Å². The molecular weight excluding hydrogens is 306 g/mol. The van der Waals surface area contributed by atoms with E-state index in [1.807, 2.05) is 7.05 Å². The summed E-state index contributed by atoms with van der Waals surface area (Å²) in [5, 5.41) is 4.20. The Kier molecular flexibility index (Phi) is 7.27. The molecule has 128 valence electrons. The van der Waals surface area contributed by atoms with Gasteiger partial charge >= 0.3 is 0 Å². The molecule has 0 amide bonds. The van der Waals surface area contributed by atoms with Crippen molar-refractivity contribution in [1.29, 1.82) is 0 Å². The molecule has 0 aromatic heterocycles. The van der Waals surface area contributed by atoms with Gasteiger partial charge in [-0.2, -0.15) is 0 Å². The van der Waals surface area contributed by atoms with Crippen molar-refractivity contribution in [3.8, 4) is 0 Å². The van der Waals surface area contributed by atoms with Crippen LogP contribution in [0.15, 0.2) is 24.3 Å². The summed E-state index contributed by atoms with van der Waals surface area (Å²) < 4.78 is 5.38. The summed E-state index contributed by atoms with van der Waals surface area (Å²) in [7, 11) is 2.05. The monoisotopic (exact) mass is 336 g/mol. The van der Waals surface area contributed by atoms with Gasteiger partial charge in [-0.25, -0.2) is 0 Å². The smallest absolute Gasteiger partial charge is 0.169 e. The van der Waals surface area contributed by atoms with E-state index in [2.05, 4.69) is 48.3 Å². The first-order chi connectivity index (χ1) is 11.1. The third kappa shape index (κ3) is 6.09. The predicted molar refractivity (Wildman–Crippen MR) is 99.0 cm³/mol. The second-order valence-electron chi connectivity index (χ2n) is 6.60. The number of benzene rings is 1. The molecular formula is C18H30N3OS+. The molecule has 2 rings (SSSR count). The summed E-state index contributed by atoms with van der Waals surface area (Å²) in [5.74, 6) is 0.576. The fourth-order valence-corrected chi connectivity index (χ4v) is 2.91. The molecule has 1 saturated heterocycles. The molecule has 5 heteroatoms. The normalized spacial score (nSPS) is 15.7. The Morgan fingerprint density at radius 2 is 1.91 bits per heavy atom. The zero-order valence-corrected chi connectivity index (χ0v) is 15.4. The molecule has 1 aromatic carbocycles. The Balaban J connectivity index is 1.71. The van der Waals surface area contributed by atoms with Gasteiger partial charge in [-0.15, -0.1) is 0 Å². The molecule has 2 N–H and O–H groups in total. The van der Waals surface area contributed by atoms with Crippen molar-refractivity contribution in [1.82, 2.24) is 10.2 Å². The van der Waals surface area contributed by atoms with E-state index in [1.165, 1.54) is 11.1 Å². The molecule has 1 heterocycles. The molecule has 0 unspecified atom stereocenters. The summed E-state index contributed by atoms with van der Waals surface area (Å²) in [6.07, 6.45) is 0. The third-order valence-electron chi connectivity index (χ3n) is 4.37. The van der Waals surface area contributed by atoms with Crippen molar-refractivity contribution in [2.75, 3.05) is 46.4 Å². The Labute approximate surface area is 145 Å². The number of hydrogen-bond donors (Lipinski definition) is 2. The Bertz CT molecular complexity index is 484. The molecule has 1 aliphatic rings. The lowest BCUT2D eigenvalue weighted by atomic mass is 10.0. The highest BCUT2D eigenvalue weighted by Gasteiger charge is 2.13. The first kappa shape index (κ1) is 18.2. The molecule has 0 saturated carbocycles. The van der Waals surface area contributed by atoms with Gasteiger partial charge in [0.2, 0.25) is 0 Å². The van der Waals surface area contributed by atoms with Crippen molar-refractivity contribution < 1.29 is 9.64 Å². The zero-order valence-electron chi connectivity index (χ0n) is 14.6. The molecule has 23 heavy (non-hydrogen) atoms. The molecule has 0 radical (unpaired) electrons. The summed E-state index contributed by atoms with van der Waals surface area (Å²) in [6, 6.07) is 8.83. The van der Waals surface area contributed by atoms with E-state index < -0.39 is 0 Å². The van der Waals surface area contributed by atoms with Crippen LogP contribution in [0.5, 0.6) is 0 Å². The fourth-order valence-electron chi connectivity index (χ4n) is 2.74. The number of hydrogen-bond acceptors (Lipinski definition) is 2. The summed E-state index contributed by atoms with van der Waals surface area (Å²) >= 11 is 5.49. The van der Waals surface area contributed by atoms with Crippen LogP contribution in [0.1, 0.15) is 30.9 Å². The number of thiocarbonyl (C=S) groups is 1. The average Bonchev–Trinajstić information content (AvgIpc) is 2.56. The molecule has 4 nitrogen and oxygen atoms in total. The van der Waals surface area contributed by atoms with Crippen LogP contribution in [0.4, 0.5) is 0 Å². The van der Waals surface area contributed by atoms with Crippen molar-refractivity contribution in [3.05, 3.63) is 35.4 Å². The third-order valence-corrected chi connectivity index (χ3v) is 4.82. The van der Waals surface area contributed by atoms with Crippen LogP contribution < -0.4 is 10.2 Å². The van der Waals surface area contributed by atoms with Gasteiger partial charge in [0.15, 0.2) is 5.11 Å². The van der Waals surface area contributed by atoms with Crippen LogP contribution >= 0.6 is 12.2 Å². The number of morpholine rings is 1. The number of rotatable bonds is 6. The van der Waals surface area contributed by atoms with Crippen LogP contribution in [0.3, 0.4) is 0 Å². The van der Waals surface area contributed by atoms with E-state index in [-0.39, 0.29) is 0 Å². The number of quaternary nitrogens is 1. The minimum atomic E-state index is 0.576. The molecule has 1 fully saturated rings. The first-order valence-corrected chi connectivity index (χ1v) is 8.96. The lowest BCUT2D eigenvalue weighted by Crippen LogP contribution is -3.14. The maximum absolute atomic E-state index is 5.49. The minimum Gasteiger partial charge on any atom is -0.370 e. The molecule has 1 aromatic rings. The largest absolute Gasteiger partial charge is 0.370 e. The Hall–Kier alpha value is -1.17. The van der Waals surface area contributed by atoms with Gasteiger partial charge in [0.25, 0.3) is 0 Å². The van der Waals surface area contributed by atoms with Crippen molar-refractivity contribution in [2.24, 2.45) is 0 Å². The Morgan fingerprint density at radius 1 is 1.26 bits per heavy atom. The SMILES string of the molecule is CC(C)c1ccc(CN(C)C(=S)NCC[NH+]2CCOCC2)cc1. The number of ether oxygens (including phenoxy) is 1. The highest BCUT2D eigenvalue weighted by Crippen LogP contribution is 2.15. The maximum Gasteiger partial charge on any atom is 0.169 e. The topological polar surface area (TPSA) is 28.9 Å². The van der Waals surface area contributed by atoms with E-state index in [0.29, 0.717) is 5.92 Å². The Morgan fingerprint density at radius 3 is 2.52 bits per heavy atom. The highest BCUT2D eigenvalue weighted by atomic mass is 32.1. The summed E-state index contributed by atoms with van der Waals surface area (Å²) in [5.41, 5.74) is 2.67. The van der Waals surface area contributed by atoms with Crippen LogP contribution in [0, 0.1) is 0 Å². The zero-order chi connectivity index (χ0) is 16.7. The minimum absolute atomic E-state index is 0.576. The second-order valence-corrected chi connectivity index (χ2v) is 6.98. The van der Waals surface area contributed by atoms with Crippen LogP contribution in [-0.2, 0) is 11.3 Å². The fraction of sp³-hybridized carbons (Fsp3) is 0.611. The number of nitrogens with one attached hydrogen (secondary N) is 2. The van der Waals surface area contributed by atoms with E-state index in [0.717, 1.165) is 51.0 Å². The van der Waals surface area contributed by atoms with Gasteiger partial charge in [-0.1, -0.05) is 38.1 Å². The first-order valence-electron chi connectivity index (χ1n) is 8.55. The molecule has 0 aliphatic carbocycles. The molecule has 1 aliphatic heterocycles. The molecule has 0 spiro atoms.